The molecule has 138 valence electrons. The highest BCUT2D eigenvalue weighted by Gasteiger charge is 2.15. The van der Waals surface area contributed by atoms with Gasteiger partial charge in [0.2, 0.25) is 0 Å². The first-order valence-electron chi connectivity index (χ1n) is 9.16. The summed E-state index contributed by atoms with van der Waals surface area (Å²) in [5.41, 5.74) is 4.68. The van der Waals surface area contributed by atoms with Gasteiger partial charge in [-0.15, -0.1) is 0 Å². The van der Waals surface area contributed by atoms with Gasteiger partial charge in [0, 0.05) is 20.1 Å². The fraction of sp³-hybridized carbons (Fsp3) is 0.450. The Hall–Kier alpha value is -2.63. The maximum atomic E-state index is 12.6. The number of carbonyl (C=O) groups excluding carboxylic acids is 1. The standard InChI is InChI=1S/C20H27N5O/c1-6-25-19(11-16(23-25)9-13(2)3)20(26)21-12-15-7-8-18-17(10-15)22-14(4)24(18)5/h7-8,10-11,13H,6,9,12H2,1-5H3,(H,21,26). The molecule has 0 atom stereocenters. The monoisotopic (exact) mass is 353 g/mol. The van der Waals surface area contributed by atoms with Gasteiger partial charge in [0.25, 0.3) is 5.91 Å². The molecule has 1 N–H and O–H groups in total. The summed E-state index contributed by atoms with van der Waals surface area (Å²) < 4.78 is 3.84. The fourth-order valence-corrected chi connectivity index (χ4v) is 3.16. The molecule has 0 bridgehead atoms. The number of aromatic nitrogens is 4. The number of hydrogen-bond acceptors (Lipinski definition) is 3. The molecule has 0 radical (unpaired) electrons. The van der Waals surface area contributed by atoms with E-state index in [1.54, 1.807) is 4.68 Å². The van der Waals surface area contributed by atoms with Gasteiger partial charge in [-0.05, 0) is 49.9 Å². The minimum absolute atomic E-state index is 0.0911. The van der Waals surface area contributed by atoms with Gasteiger partial charge in [0.05, 0.1) is 16.7 Å². The highest BCUT2D eigenvalue weighted by Crippen LogP contribution is 2.16. The molecule has 6 nitrogen and oxygen atoms in total. The molecule has 0 spiro atoms. The Morgan fingerprint density at radius 2 is 2.04 bits per heavy atom. The lowest BCUT2D eigenvalue weighted by atomic mass is 10.1. The lowest BCUT2D eigenvalue weighted by Gasteiger charge is -2.07. The van der Waals surface area contributed by atoms with Crippen molar-refractivity contribution in [1.82, 2.24) is 24.6 Å². The lowest BCUT2D eigenvalue weighted by Crippen LogP contribution is -2.25. The van der Waals surface area contributed by atoms with E-state index in [0.29, 0.717) is 24.7 Å². The Kier molecular flexibility index (Phi) is 5.11. The molecule has 0 aliphatic rings. The largest absolute Gasteiger partial charge is 0.347 e. The molecule has 3 aromatic rings. The Bertz CT molecular complexity index is 935. The number of fused-ring (bicyclic) bond motifs is 1. The van der Waals surface area contributed by atoms with Crippen LogP contribution in [-0.4, -0.2) is 25.2 Å². The first kappa shape index (κ1) is 18.2. The second-order valence-corrected chi connectivity index (χ2v) is 7.16. The summed E-state index contributed by atoms with van der Waals surface area (Å²) in [6.07, 6.45) is 0.878. The third kappa shape index (κ3) is 3.64. The zero-order valence-corrected chi connectivity index (χ0v) is 16.2. The number of amides is 1. The van der Waals surface area contributed by atoms with Crippen molar-refractivity contribution in [3.05, 3.63) is 47.0 Å². The van der Waals surface area contributed by atoms with Crippen LogP contribution in [0.4, 0.5) is 0 Å². The Balaban J connectivity index is 1.73. The molecule has 2 aromatic heterocycles. The summed E-state index contributed by atoms with van der Waals surface area (Å²) in [7, 11) is 2.01. The SMILES string of the molecule is CCn1nc(CC(C)C)cc1C(=O)NCc1ccc2c(c1)nc(C)n2C. The first-order valence-corrected chi connectivity index (χ1v) is 9.16. The summed E-state index contributed by atoms with van der Waals surface area (Å²) >= 11 is 0. The zero-order chi connectivity index (χ0) is 18.8. The number of benzene rings is 1. The van der Waals surface area contributed by atoms with Crippen molar-refractivity contribution in [3.63, 3.8) is 0 Å². The average Bonchev–Trinajstić information content (AvgIpc) is 3.13. The highest BCUT2D eigenvalue weighted by molar-refractivity contribution is 5.92. The van der Waals surface area contributed by atoms with Crippen LogP contribution in [0, 0.1) is 12.8 Å². The van der Waals surface area contributed by atoms with Gasteiger partial charge in [-0.3, -0.25) is 9.48 Å². The number of hydrogen-bond donors (Lipinski definition) is 1. The van der Waals surface area contributed by atoms with Crippen molar-refractivity contribution < 1.29 is 4.79 Å². The molecule has 0 aliphatic heterocycles. The second-order valence-electron chi connectivity index (χ2n) is 7.16. The van der Waals surface area contributed by atoms with Gasteiger partial charge < -0.3 is 9.88 Å². The highest BCUT2D eigenvalue weighted by atomic mass is 16.2. The molecule has 0 saturated heterocycles. The van der Waals surface area contributed by atoms with Crippen molar-refractivity contribution in [1.29, 1.82) is 0 Å². The van der Waals surface area contributed by atoms with Crippen molar-refractivity contribution in [2.24, 2.45) is 13.0 Å². The van der Waals surface area contributed by atoms with Crippen LogP contribution in [0.3, 0.4) is 0 Å². The predicted octanol–water partition coefficient (Wildman–Crippen LogP) is 3.23. The van der Waals surface area contributed by atoms with Gasteiger partial charge in [-0.25, -0.2) is 4.98 Å². The van der Waals surface area contributed by atoms with E-state index in [1.165, 1.54) is 0 Å². The van der Waals surface area contributed by atoms with Crippen LogP contribution in [-0.2, 0) is 26.6 Å². The lowest BCUT2D eigenvalue weighted by molar-refractivity contribution is 0.0940. The number of rotatable bonds is 6. The second kappa shape index (κ2) is 7.32. The molecule has 0 saturated carbocycles. The average molecular weight is 353 g/mol. The molecule has 1 amide bonds. The summed E-state index contributed by atoms with van der Waals surface area (Å²) in [4.78, 5) is 17.2. The maximum absolute atomic E-state index is 12.6. The van der Waals surface area contributed by atoms with Crippen LogP contribution < -0.4 is 5.32 Å². The van der Waals surface area contributed by atoms with Crippen molar-refractivity contribution >= 4 is 16.9 Å². The van der Waals surface area contributed by atoms with E-state index in [9.17, 15) is 4.79 Å². The van der Waals surface area contributed by atoms with E-state index in [-0.39, 0.29) is 5.91 Å². The van der Waals surface area contributed by atoms with Crippen molar-refractivity contribution in [2.75, 3.05) is 0 Å². The van der Waals surface area contributed by atoms with E-state index in [4.69, 9.17) is 0 Å². The Labute approximate surface area is 154 Å². The molecular weight excluding hydrogens is 326 g/mol. The molecule has 3 rings (SSSR count). The quantitative estimate of drug-likeness (QED) is 0.740. The summed E-state index contributed by atoms with van der Waals surface area (Å²) in [6, 6.07) is 8.02. The van der Waals surface area contributed by atoms with E-state index in [2.05, 4.69) is 33.8 Å². The number of aryl methyl sites for hydroxylation is 3. The molecule has 0 aliphatic carbocycles. The molecule has 2 heterocycles. The van der Waals surface area contributed by atoms with Crippen LogP contribution in [0.5, 0.6) is 0 Å². The molecule has 0 unspecified atom stereocenters. The Morgan fingerprint density at radius 1 is 1.27 bits per heavy atom. The van der Waals surface area contributed by atoms with E-state index in [0.717, 1.165) is 34.5 Å². The molecule has 26 heavy (non-hydrogen) atoms. The van der Waals surface area contributed by atoms with Crippen LogP contribution in [0.25, 0.3) is 11.0 Å². The van der Waals surface area contributed by atoms with Gasteiger partial charge in [0.1, 0.15) is 11.5 Å². The molecule has 1 aromatic carbocycles. The number of carbonyl (C=O) groups is 1. The van der Waals surface area contributed by atoms with Gasteiger partial charge >= 0.3 is 0 Å². The summed E-state index contributed by atoms with van der Waals surface area (Å²) in [5, 5.41) is 7.55. The van der Waals surface area contributed by atoms with Gasteiger partial charge in [0.15, 0.2) is 0 Å². The van der Waals surface area contributed by atoms with Crippen LogP contribution >= 0.6 is 0 Å². The van der Waals surface area contributed by atoms with Gasteiger partial charge in [-0.1, -0.05) is 19.9 Å². The van der Waals surface area contributed by atoms with Crippen LogP contribution in [0.15, 0.2) is 24.3 Å². The predicted molar refractivity (Wildman–Crippen MR) is 103 cm³/mol. The van der Waals surface area contributed by atoms with Crippen molar-refractivity contribution in [3.8, 4) is 0 Å². The minimum Gasteiger partial charge on any atom is -0.347 e. The minimum atomic E-state index is -0.0911. The fourth-order valence-electron chi connectivity index (χ4n) is 3.16. The summed E-state index contributed by atoms with van der Waals surface area (Å²) in [5.74, 6) is 1.40. The molecule has 0 fully saturated rings. The Morgan fingerprint density at radius 3 is 2.73 bits per heavy atom. The first-order chi connectivity index (χ1) is 12.4. The number of nitrogens with zero attached hydrogens (tertiary/aromatic N) is 4. The van der Waals surface area contributed by atoms with E-state index < -0.39 is 0 Å². The number of nitrogens with one attached hydrogen (secondary N) is 1. The topological polar surface area (TPSA) is 64.7 Å². The number of imidazole rings is 1. The van der Waals surface area contributed by atoms with Crippen molar-refractivity contribution in [2.45, 2.75) is 47.2 Å². The normalized spacial score (nSPS) is 11.5. The third-order valence-corrected chi connectivity index (χ3v) is 4.60. The maximum Gasteiger partial charge on any atom is 0.269 e. The van der Waals surface area contributed by atoms with Crippen LogP contribution in [0.2, 0.25) is 0 Å². The zero-order valence-electron chi connectivity index (χ0n) is 16.2. The molecular formula is C20H27N5O. The summed E-state index contributed by atoms with van der Waals surface area (Å²) in [6.45, 7) is 9.45. The van der Waals surface area contributed by atoms with E-state index >= 15 is 0 Å². The van der Waals surface area contributed by atoms with Crippen LogP contribution in [0.1, 0.15) is 48.3 Å². The molecule has 6 heteroatoms. The van der Waals surface area contributed by atoms with E-state index in [1.807, 2.05) is 45.2 Å². The third-order valence-electron chi connectivity index (χ3n) is 4.60. The van der Waals surface area contributed by atoms with Gasteiger partial charge in [-0.2, -0.15) is 5.10 Å². The smallest absolute Gasteiger partial charge is 0.269 e.